The summed E-state index contributed by atoms with van der Waals surface area (Å²) in [6, 6.07) is 10.6. The molecule has 0 saturated heterocycles. The molecule has 0 saturated carbocycles. The van der Waals surface area contributed by atoms with Crippen LogP contribution in [0.4, 0.5) is 8.78 Å². The maximum atomic E-state index is 13.6. The van der Waals surface area contributed by atoms with Crippen LogP contribution in [-0.2, 0) is 23.0 Å². The average Bonchev–Trinajstić information content (AvgIpc) is 2.88. The van der Waals surface area contributed by atoms with Gasteiger partial charge in [-0.25, -0.2) is 13.8 Å². The summed E-state index contributed by atoms with van der Waals surface area (Å²) in [6.07, 6.45) is -0.941. The Bertz CT molecular complexity index is 905. The van der Waals surface area contributed by atoms with E-state index in [4.69, 9.17) is 4.74 Å². The largest absolute Gasteiger partial charge is 0.454 e. The van der Waals surface area contributed by atoms with Gasteiger partial charge >= 0.3 is 5.97 Å². The number of carbonyl (C=O) groups excluding carboxylic acids is 1. The molecule has 1 unspecified atom stereocenters. The number of benzene rings is 2. The number of hydrogen-bond acceptors (Lipinski definition) is 3. The van der Waals surface area contributed by atoms with Crippen LogP contribution >= 0.6 is 0 Å². The van der Waals surface area contributed by atoms with Crippen molar-refractivity contribution in [3.63, 3.8) is 0 Å². The maximum Gasteiger partial charge on any atom is 0.311 e. The molecule has 24 heavy (non-hydrogen) atoms. The van der Waals surface area contributed by atoms with Crippen molar-refractivity contribution < 1.29 is 18.3 Å². The van der Waals surface area contributed by atoms with Crippen molar-refractivity contribution in [2.45, 2.75) is 19.4 Å². The molecule has 0 aliphatic rings. The van der Waals surface area contributed by atoms with Crippen LogP contribution in [0, 0.1) is 11.6 Å². The normalized spacial score (nSPS) is 12.3. The van der Waals surface area contributed by atoms with E-state index < -0.39 is 23.7 Å². The van der Waals surface area contributed by atoms with Gasteiger partial charge in [0.15, 0.2) is 11.9 Å². The number of halogens is 2. The van der Waals surface area contributed by atoms with Crippen LogP contribution in [0.5, 0.6) is 0 Å². The van der Waals surface area contributed by atoms with E-state index in [9.17, 15) is 13.6 Å². The van der Waals surface area contributed by atoms with E-state index in [1.54, 1.807) is 6.92 Å². The lowest BCUT2D eigenvalue weighted by Crippen LogP contribution is -2.15. The second kappa shape index (κ2) is 6.39. The monoisotopic (exact) mass is 330 g/mol. The molecule has 1 heterocycles. The number of esters is 1. The van der Waals surface area contributed by atoms with Crippen LogP contribution in [0.3, 0.4) is 0 Å². The second-order valence-electron chi connectivity index (χ2n) is 5.56. The van der Waals surface area contributed by atoms with E-state index in [-0.39, 0.29) is 12.0 Å². The molecule has 2 aromatic carbocycles. The molecule has 3 aromatic rings. The third-order valence-electron chi connectivity index (χ3n) is 3.84. The summed E-state index contributed by atoms with van der Waals surface area (Å²) in [5, 5.41) is 0. The summed E-state index contributed by atoms with van der Waals surface area (Å²) in [4.78, 5) is 16.5. The van der Waals surface area contributed by atoms with Crippen LogP contribution in [0.25, 0.3) is 11.0 Å². The van der Waals surface area contributed by atoms with Crippen molar-refractivity contribution in [2.75, 3.05) is 0 Å². The van der Waals surface area contributed by atoms with Gasteiger partial charge in [-0.2, -0.15) is 0 Å². The summed E-state index contributed by atoms with van der Waals surface area (Å²) < 4.78 is 33.9. The van der Waals surface area contributed by atoms with Crippen LogP contribution in [-0.4, -0.2) is 15.5 Å². The second-order valence-corrected chi connectivity index (χ2v) is 5.56. The van der Waals surface area contributed by atoms with Crippen LogP contribution in [0.1, 0.15) is 24.4 Å². The minimum atomic E-state index is -0.640. The highest BCUT2D eigenvalue weighted by Gasteiger charge is 2.19. The predicted molar refractivity (Wildman–Crippen MR) is 85.3 cm³/mol. The zero-order valence-electron chi connectivity index (χ0n) is 13.3. The number of imidazole rings is 1. The minimum Gasteiger partial charge on any atom is -0.454 e. The molecule has 0 aliphatic carbocycles. The molecule has 0 N–H and O–H groups in total. The Morgan fingerprint density at radius 1 is 1.25 bits per heavy atom. The quantitative estimate of drug-likeness (QED) is 0.685. The summed E-state index contributed by atoms with van der Waals surface area (Å²) in [7, 11) is 1.83. The molecule has 3 rings (SSSR count). The number of rotatable bonds is 4. The minimum absolute atomic E-state index is 0.0304. The van der Waals surface area contributed by atoms with Crippen molar-refractivity contribution in [2.24, 2.45) is 7.05 Å². The van der Waals surface area contributed by atoms with Crippen molar-refractivity contribution in [1.82, 2.24) is 9.55 Å². The van der Waals surface area contributed by atoms with E-state index >= 15 is 0 Å². The topological polar surface area (TPSA) is 44.1 Å². The number of nitrogens with zero attached hydrogens (tertiary/aromatic N) is 2. The van der Waals surface area contributed by atoms with Crippen molar-refractivity contribution in [3.8, 4) is 0 Å². The van der Waals surface area contributed by atoms with Crippen molar-refractivity contribution in [1.29, 1.82) is 0 Å². The van der Waals surface area contributed by atoms with Gasteiger partial charge in [0, 0.05) is 12.6 Å². The fourth-order valence-corrected chi connectivity index (χ4v) is 2.65. The van der Waals surface area contributed by atoms with Gasteiger partial charge in [0.25, 0.3) is 0 Å². The number of hydrogen-bond donors (Lipinski definition) is 0. The average molecular weight is 330 g/mol. The highest BCUT2D eigenvalue weighted by Crippen LogP contribution is 2.22. The Kier molecular flexibility index (Phi) is 4.29. The van der Waals surface area contributed by atoms with Crippen LogP contribution in [0.15, 0.2) is 42.5 Å². The predicted octanol–water partition coefficient (Wildman–Crippen LogP) is 3.70. The lowest BCUT2D eigenvalue weighted by atomic mass is 10.1. The molecule has 0 fully saturated rings. The molecule has 124 valence electrons. The Hall–Kier alpha value is -2.76. The molecule has 0 radical (unpaired) electrons. The van der Waals surface area contributed by atoms with Gasteiger partial charge < -0.3 is 9.30 Å². The number of ether oxygens (including phenoxy) is 1. The first kappa shape index (κ1) is 16.1. The third-order valence-corrected chi connectivity index (χ3v) is 3.84. The Labute approximate surface area is 137 Å². The third kappa shape index (κ3) is 3.13. The van der Waals surface area contributed by atoms with E-state index in [2.05, 4.69) is 4.98 Å². The van der Waals surface area contributed by atoms with Gasteiger partial charge in [-0.05, 0) is 37.3 Å². The summed E-state index contributed by atoms with van der Waals surface area (Å²) in [5.41, 5.74) is 1.69. The van der Waals surface area contributed by atoms with E-state index in [1.165, 1.54) is 0 Å². The SMILES string of the molecule is CC(OC(=O)Cc1cc(F)ccc1F)c1nc2ccccc2n1C. The fourth-order valence-electron chi connectivity index (χ4n) is 2.65. The smallest absolute Gasteiger partial charge is 0.311 e. The van der Waals surface area contributed by atoms with E-state index in [1.807, 2.05) is 35.9 Å². The molecule has 0 aliphatic heterocycles. The van der Waals surface area contributed by atoms with Gasteiger partial charge in [-0.1, -0.05) is 12.1 Å². The first-order chi connectivity index (χ1) is 11.5. The molecular weight excluding hydrogens is 314 g/mol. The summed E-state index contributed by atoms with van der Waals surface area (Å²) >= 11 is 0. The number of carbonyl (C=O) groups is 1. The van der Waals surface area contributed by atoms with E-state index in [0.29, 0.717) is 5.82 Å². The van der Waals surface area contributed by atoms with Crippen molar-refractivity contribution in [3.05, 3.63) is 65.5 Å². The van der Waals surface area contributed by atoms with Gasteiger partial charge in [0.2, 0.25) is 0 Å². The number of aryl methyl sites for hydroxylation is 1. The molecule has 4 nitrogen and oxygen atoms in total. The highest BCUT2D eigenvalue weighted by atomic mass is 19.1. The lowest BCUT2D eigenvalue weighted by Gasteiger charge is -2.13. The fraction of sp³-hybridized carbons (Fsp3) is 0.222. The molecule has 1 atom stereocenters. The molecular formula is C18H16F2N2O2. The molecule has 6 heteroatoms. The molecule has 0 bridgehead atoms. The number of fused-ring (bicyclic) bond motifs is 1. The number of aromatic nitrogens is 2. The first-order valence-electron chi connectivity index (χ1n) is 7.50. The zero-order valence-corrected chi connectivity index (χ0v) is 13.3. The summed E-state index contributed by atoms with van der Waals surface area (Å²) in [6.45, 7) is 1.70. The lowest BCUT2D eigenvalue weighted by molar-refractivity contribution is -0.148. The van der Waals surface area contributed by atoms with Gasteiger partial charge in [0.1, 0.15) is 11.6 Å². The zero-order chi connectivity index (χ0) is 17.3. The maximum absolute atomic E-state index is 13.6. The van der Waals surface area contributed by atoms with E-state index in [0.717, 1.165) is 29.2 Å². The van der Waals surface area contributed by atoms with Crippen molar-refractivity contribution >= 4 is 17.0 Å². The Morgan fingerprint density at radius 3 is 2.75 bits per heavy atom. The molecule has 1 aromatic heterocycles. The standard InChI is InChI=1S/C18H16F2N2O2/c1-11(18-21-15-5-3-4-6-16(15)22(18)2)24-17(23)10-12-9-13(19)7-8-14(12)20/h3-9,11H,10H2,1-2H3. The Morgan fingerprint density at radius 2 is 2.00 bits per heavy atom. The van der Waals surface area contributed by atoms with Gasteiger partial charge in [-0.3, -0.25) is 4.79 Å². The van der Waals surface area contributed by atoms with Crippen LogP contribution in [0.2, 0.25) is 0 Å². The number of para-hydroxylation sites is 2. The Balaban J connectivity index is 1.76. The molecule has 0 amide bonds. The van der Waals surface area contributed by atoms with Crippen LogP contribution < -0.4 is 0 Å². The molecule has 0 spiro atoms. The summed E-state index contributed by atoms with van der Waals surface area (Å²) in [5.74, 6) is -1.28. The highest BCUT2D eigenvalue weighted by molar-refractivity contribution is 5.76. The first-order valence-corrected chi connectivity index (χ1v) is 7.50. The van der Waals surface area contributed by atoms with Gasteiger partial charge in [0.05, 0.1) is 17.5 Å². The van der Waals surface area contributed by atoms with Gasteiger partial charge in [-0.15, -0.1) is 0 Å².